The topological polar surface area (TPSA) is 46.6 Å². The standard InChI is InChI=1S/C20H23NO3/c1-12-4-5-16-14(10-12)15(22)11-20(24-16)7-6-13-17(18(13)20)19(23)21-8-2-3-9-21/h4-5,10,13,17-18H,2-3,6-9,11H2,1H3/t13-,17+,18+,20-/m0/s1. The quantitative estimate of drug-likeness (QED) is 0.797. The zero-order chi connectivity index (χ0) is 16.5. The number of ether oxygens (including phenoxy) is 1. The number of rotatable bonds is 1. The van der Waals surface area contributed by atoms with E-state index in [0.717, 1.165) is 50.1 Å². The SMILES string of the molecule is Cc1ccc2c(c1)C(=O)C[C@]1(CC[C@H]3[C@@H](C(=O)N4CCCC4)[C@@H]31)O2. The molecule has 0 radical (unpaired) electrons. The van der Waals surface area contributed by atoms with E-state index in [9.17, 15) is 9.59 Å². The van der Waals surface area contributed by atoms with E-state index in [4.69, 9.17) is 4.74 Å². The van der Waals surface area contributed by atoms with Crippen LogP contribution >= 0.6 is 0 Å². The summed E-state index contributed by atoms with van der Waals surface area (Å²) in [4.78, 5) is 27.6. The van der Waals surface area contributed by atoms with E-state index in [0.29, 0.717) is 23.8 Å². The molecule has 24 heavy (non-hydrogen) atoms. The van der Waals surface area contributed by atoms with Crippen molar-refractivity contribution in [3.8, 4) is 5.75 Å². The van der Waals surface area contributed by atoms with E-state index in [1.165, 1.54) is 0 Å². The molecule has 3 fully saturated rings. The molecule has 2 heterocycles. The molecule has 0 aromatic heterocycles. The zero-order valence-electron chi connectivity index (χ0n) is 14.1. The van der Waals surface area contributed by atoms with Crippen LogP contribution in [0.3, 0.4) is 0 Å². The van der Waals surface area contributed by atoms with E-state index in [1.807, 2.05) is 30.0 Å². The van der Waals surface area contributed by atoms with Gasteiger partial charge in [-0.25, -0.2) is 0 Å². The van der Waals surface area contributed by atoms with Crippen molar-refractivity contribution in [3.63, 3.8) is 0 Å². The lowest BCUT2D eigenvalue weighted by molar-refractivity contribution is -0.133. The Hall–Kier alpha value is -1.84. The van der Waals surface area contributed by atoms with Gasteiger partial charge in [-0.15, -0.1) is 0 Å². The lowest BCUT2D eigenvalue weighted by atomic mass is 9.84. The first-order chi connectivity index (χ1) is 11.6. The molecular weight excluding hydrogens is 302 g/mol. The number of carbonyl (C=O) groups is 2. The molecule has 5 rings (SSSR count). The number of benzene rings is 1. The normalized spacial score (nSPS) is 36.5. The van der Waals surface area contributed by atoms with Crippen molar-refractivity contribution in [2.24, 2.45) is 17.8 Å². The van der Waals surface area contributed by atoms with Gasteiger partial charge < -0.3 is 9.64 Å². The summed E-state index contributed by atoms with van der Waals surface area (Å²) in [5.41, 5.74) is 1.37. The summed E-state index contributed by atoms with van der Waals surface area (Å²) < 4.78 is 6.41. The van der Waals surface area contributed by atoms with Crippen molar-refractivity contribution in [2.75, 3.05) is 13.1 Å². The van der Waals surface area contributed by atoms with Crippen molar-refractivity contribution < 1.29 is 14.3 Å². The molecule has 1 aromatic rings. The van der Waals surface area contributed by atoms with E-state index < -0.39 is 5.60 Å². The molecule has 1 aromatic carbocycles. The Kier molecular flexibility index (Phi) is 2.92. The molecule has 4 heteroatoms. The van der Waals surface area contributed by atoms with E-state index in [1.54, 1.807) is 0 Å². The molecule has 0 N–H and O–H groups in total. The Bertz CT molecular complexity index is 736. The molecule has 2 saturated carbocycles. The monoisotopic (exact) mass is 325 g/mol. The lowest BCUT2D eigenvalue weighted by Crippen LogP contribution is -2.44. The predicted molar refractivity (Wildman–Crippen MR) is 89.0 cm³/mol. The molecule has 0 bridgehead atoms. The number of nitrogens with zero attached hydrogens (tertiary/aromatic N) is 1. The number of fused-ring (bicyclic) bond motifs is 3. The zero-order valence-corrected chi connectivity index (χ0v) is 14.1. The second-order valence-electron chi connectivity index (χ2n) is 8.05. The van der Waals surface area contributed by atoms with Crippen LogP contribution in [0.4, 0.5) is 0 Å². The molecule has 126 valence electrons. The van der Waals surface area contributed by atoms with E-state index >= 15 is 0 Å². The minimum Gasteiger partial charge on any atom is -0.486 e. The number of amides is 1. The molecule has 4 aliphatic rings. The number of hydrogen-bond donors (Lipinski definition) is 0. The van der Waals surface area contributed by atoms with Gasteiger partial charge in [-0.05, 0) is 50.7 Å². The van der Waals surface area contributed by atoms with Crippen molar-refractivity contribution in [2.45, 2.75) is 44.6 Å². The molecule has 1 amide bonds. The van der Waals surface area contributed by atoms with Crippen molar-refractivity contribution in [1.29, 1.82) is 0 Å². The first-order valence-electron chi connectivity index (χ1n) is 9.21. The van der Waals surface area contributed by atoms with Crippen LogP contribution in [-0.4, -0.2) is 35.3 Å². The third kappa shape index (κ3) is 1.92. The average molecular weight is 325 g/mol. The van der Waals surface area contributed by atoms with Crippen molar-refractivity contribution >= 4 is 11.7 Å². The van der Waals surface area contributed by atoms with Gasteiger partial charge in [0.25, 0.3) is 0 Å². The molecule has 1 saturated heterocycles. The highest BCUT2D eigenvalue weighted by Crippen LogP contribution is 2.66. The summed E-state index contributed by atoms with van der Waals surface area (Å²) in [6.07, 6.45) is 4.62. The fraction of sp³-hybridized carbons (Fsp3) is 0.600. The van der Waals surface area contributed by atoms with Crippen LogP contribution in [0, 0.1) is 24.7 Å². The Morgan fingerprint density at radius 1 is 1.29 bits per heavy atom. The van der Waals surface area contributed by atoms with Gasteiger partial charge in [-0.1, -0.05) is 11.6 Å². The Balaban J connectivity index is 1.42. The van der Waals surface area contributed by atoms with Gasteiger partial charge in [0.15, 0.2) is 5.78 Å². The number of hydrogen-bond acceptors (Lipinski definition) is 3. The molecule has 4 atom stereocenters. The summed E-state index contributed by atoms with van der Waals surface area (Å²) in [6.45, 7) is 3.81. The maximum absolute atomic E-state index is 12.8. The molecular formula is C20H23NO3. The van der Waals surface area contributed by atoms with Crippen LogP contribution in [0.25, 0.3) is 0 Å². The van der Waals surface area contributed by atoms with Gasteiger partial charge >= 0.3 is 0 Å². The number of Topliss-reactive ketones (excluding diaryl/α,β-unsaturated/α-hetero) is 1. The molecule has 4 nitrogen and oxygen atoms in total. The Morgan fingerprint density at radius 2 is 2.08 bits per heavy atom. The smallest absolute Gasteiger partial charge is 0.226 e. The second kappa shape index (κ2) is 4.84. The number of carbonyl (C=O) groups excluding carboxylic acids is 2. The molecule has 0 unspecified atom stereocenters. The highest BCUT2D eigenvalue weighted by molar-refractivity contribution is 6.01. The minimum absolute atomic E-state index is 0.0941. The summed E-state index contributed by atoms with van der Waals surface area (Å²) in [6, 6.07) is 5.85. The fourth-order valence-corrected chi connectivity index (χ4v) is 5.41. The second-order valence-corrected chi connectivity index (χ2v) is 8.05. The van der Waals surface area contributed by atoms with Gasteiger partial charge in [0, 0.05) is 24.9 Å². The predicted octanol–water partition coefficient (Wildman–Crippen LogP) is 2.98. The van der Waals surface area contributed by atoms with Gasteiger partial charge in [-0.2, -0.15) is 0 Å². The summed E-state index contributed by atoms with van der Waals surface area (Å²) in [5, 5.41) is 0. The first kappa shape index (κ1) is 14.5. The third-order valence-corrected chi connectivity index (χ3v) is 6.59. The summed E-state index contributed by atoms with van der Waals surface area (Å²) in [5.74, 6) is 1.97. The van der Waals surface area contributed by atoms with Crippen LogP contribution < -0.4 is 4.74 Å². The van der Waals surface area contributed by atoms with Crippen LogP contribution in [0.15, 0.2) is 18.2 Å². The lowest BCUT2D eigenvalue weighted by Gasteiger charge is -2.37. The number of likely N-dealkylation sites (tertiary alicyclic amines) is 1. The minimum atomic E-state index is -0.427. The van der Waals surface area contributed by atoms with Crippen LogP contribution in [0.2, 0.25) is 0 Å². The third-order valence-electron chi connectivity index (χ3n) is 6.59. The highest BCUT2D eigenvalue weighted by atomic mass is 16.5. The fourth-order valence-electron chi connectivity index (χ4n) is 5.41. The Morgan fingerprint density at radius 3 is 2.88 bits per heavy atom. The average Bonchev–Trinajstić information content (AvgIpc) is 2.90. The summed E-state index contributed by atoms with van der Waals surface area (Å²) >= 11 is 0. The van der Waals surface area contributed by atoms with Gasteiger partial charge in [0.2, 0.25) is 5.91 Å². The highest BCUT2D eigenvalue weighted by Gasteiger charge is 2.71. The maximum Gasteiger partial charge on any atom is 0.226 e. The summed E-state index contributed by atoms with van der Waals surface area (Å²) in [7, 11) is 0. The largest absolute Gasteiger partial charge is 0.486 e. The van der Waals surface area contributed by atoms with Crippen LogP contribution in [0.5, 0.6) is 5.75 Å². The van der Waals surface area contributed by atoms with Gasteiger partial charge in [0.1, 0.15) is 11.4 Å². The number of ketones is 1. The first-order valence-corrected chi connectivity index (χ1v) is 9.21. The molecule has 1 spiro atoms. The van der Waals surface area contributed by atoms with Crippen LogP contribution in [-0.2, 0) is 4.79 Å². The molecule has 2 aliphatic heterocycles. The number of aryl methyl sites for hydroxylation is 1. The van der Waals surface area contributed by atoms with E-state index in [2.05, 4.69) is 0 Å². The van der Waals surface area contributed by atoms with Crippen molar-refractivity contribution in [3.05, 3.63) is 29.3 Å². The van der Waals surface area contributed by atoms with E-state index in [-0.39, 0.29) is 17.6 Å². The van der Waals surface area contributed by atoms with Crippen molar-refractivity contribution in [1.82, 2.24) is 4.90 Å². The van der Waals surface area contributed by atoms with Crippen LogP contribution in [0.1, 0.15) is 48.0 Å². The Labute approximate surface area is 142 Å². The van der Waals surface area contributed by atoms with Gasteiger partial charge in [0.05, 0.1) is 12.0 Å². The van der Waals surface area contributed by atoms with Gasteiger partial charge in [-0.3, -0.25) is 9.59 Å². The maximum atomic E-state index is 12.8. The molecule has 2 aliphatic carbocycles.